The molecule has 0 atom stereocenters. The summed E-state index contributed by atoms with van der Waals surface area (Å²) < 4.78 is 6.98. The molecule has 0 N–H and O–H groups in total. The van der Waals surface area contributed by atoms with Crippen LogP contribution in [0.25, 0.3) is 139 Å². The summed E-state index contributed by atoms with van der Waals surface area (Å²) >= 11 is 0. The Kier molecular flexibility index (Phi) is 9.67. The first-order chi connectivity index (χ1) is 37.2. The van der Waals surface area contributed by atoms with E-state index in [9.17, 15) is 0 Å². The van der Waals surface area contributed by atoms with Crippen molar-refractivity contribution in [3.8, 4) is 73.7 Å². The van der Waals surface area contributed by atoms with Gasteiger partial charge < -0.3 is 9.13 Å². The number of fused-ring (bicyclic) bond motifs is 9. The molecule has 75 heavy (non-hydrogen) atoms. The van der Waals surface area contributed by atoms with E-state index in [1.54, 1.807) is 0 Å². The zero-order valence-corrected chi connectivity index (χ0v) is 40.2. The van der Waals surface area contributed by atoms with Crippen LogP contribution in [0.4, 0.5) is 0 Å². The first-order valence-corrected chi connectivity index (χ1v) is 25.0. The van der Waals surface area contributed by atoms with E-state index in [0.717, 1.165) is 111 Å². The van der Waals surface area contributed by atoms with Crippen molar-refractivity contribution >= 4 is 65.7 Å². The molecule has 9 nitrogen and oxygen atoms in total. The van der Waals surface area contributed by atoms with E-state index in [2.05, 4.69) is 177 Å². The van der Waals surface area contributed by atoms with Crippen molar-refractivity contribution in [2.45, 2.75) is 0 Å². The van der Waals surface area contributed by atoms with Gasteiger partial charge in [-0.05, 0) is 72.3 Å². The average Bonchev–Trinajstić information content (AvgIpc) is 4.13. The maximum Gasteiger partial charge on any atom is 0.164 e. The van der Waals surface area contributed by atoms with E-state index in [4.69, 9.17) is 29.9 Å². The number of nitrogens with zero attached hydrogens (tertiary/aromatic N) is 9. The van der Waals surface area contributed by atoms with Gasteiger partial charge in [-0.25, -0.2) is 19.9 Å². The Balaban J connectivity index is 1.06. The van der Waals surface area contributed by atoms with Crippen molar-refractivity contribution in [3.05, 3.63) is 249 Å². The molecule has 350 valence electrons. The van der Waals surface area contributed by atoms with Gasteiger partial charge in [0.25, 0.3) is 0 Å². The summed E-state index contributed by atoms with van der Waals surface area (Å²) in [6.45, 7) is 0. The maximum atomic E-state index is 5.89. The average molecular weight is 960 g/mol. The Labute approximate surface area is 430 Å². The smallest absolute Gasteiger partial charge is 0.164 e. The van der Waals surface area contributed by atoms with E-state index < -0.39 is 0 Å². The molecule has 9 heteroatoms. The van der Waals surface area contributed by atoms with Crippen molar-refractivity contribution in [1.29, 1.82) is 0 Å². The van der Waals surface area contributed by atoms with Crippen LogP contribution in [0, 0.1) is 0 Å². The molecular weight excluding hydrogens is 919 g/mol. The van der Waals surface area contributed by atoms with Gasteiger partial charge in [-0.2, -0.15) is 0 Å². The summed E-state index contributed by atoms with van der Waals surface area (Å²) in [5.74, 6) is 2.44. The van der Waals surface area contributed by atoms with Crippen LogP contribution in [0.15, 0.2) is 249 Å². The van der Waals surface area contributed by atoms with Gasteiger partial charge >= 0.3 is 0 Å². The van der Waals surface area contributed by atoms with Crippen molar-refractivity contribution in [3.63, 3.8) is 0 Å². The third-order valence-electron chi connectivity index (χ3n) is 14.4. The Hall–Kier alpha value is -10.4. The van der Waals surface area contributed by atoms with E-state index in [-0.39, 0.29) is 0 Å². The van der Waals surface area contributed by atoms with Gasteiger partial charge in [-0.3, -0.25) is 14.5 Å². The Bertz CT molecular complexity index is 4490. The summed E-state index contributed by atoms with van der Waals surface area (Å²) in [6, 6.07) is 82.3. The zero-order valence-electron chi connectivity index (χ0n) is 40.2. The highest BCUT2D eigenvalue weighted by molar-refractivity contribution is 6.11. The third-order valence-corrected chi connectivity index (χ3v) is 14.4. The Morgan fingerprint density at radius 2 is 0.720 bits per heavy atom. The van der Waals surface area contributed by atoms with Gasteiger partial charge in [0.15, 0.2) is 23.3 Å². The predicted octanol–water partition coefficient (Wildman–Crippen LogP) is 15.7. The van der Waals surface area contributed by atoms with Crippen LogP contribution >= 0.6 is 0 Å². The normalized spacial score (nSPS) is 11.7. The first kappa shape index (κ1) is 42.3. The predicted molar refractivity (Wildman–Crippen MR) is 303 cm³/mol. The monoisotopic (exact) mass is 959 g/mol. The van der Waals surface area contributed by atoms with Crippen molar-refractivity contribution in [2.75, 3.05) is 0 Å². The number of aromatic nitrogens is 9. The van der Waals surface area contributed by atoms with Crippen molar-refractivity contribution < 1.29 is 0 Å². The fourth-order valence-electron chi connectivity index (χ4n) is 11.1. The van der Waals surface area contributed by atoms with Gasteiger partial charge in [0.1, 0.15) is 0 Å². The standard InChI is InChI=1S/C66H41N9/c1-3-19-43(20-4-1)63-70-64(44-21-5-2-6-22-44)72-65(71-63)49-26-8-7-23-46(49)52-41-53(42-35-37-45(38-36-42)73-54-29-13-9-24-47(54)48-25-10-14-30-55(48)73)69-66(75-57-32-16-12-28-51(57)61-59(75)34-18-40-68-61)62(52)74-56-31-15-11-27-50(56)60-58(74)33-17-39-67-60/h1-41H. The van der Waals surface area contributed by atoms with Crippen LogP contribution in [0.1, 0.15) is 0 Å². The highest BCUT2D eigenvalue weighted by Gasteiger charge is 2.28. The van der Waals surface area contributed by atoms with Crippen LogP contribution in [-0.4, -0.2) is 43.6 Å². The molecule has 7 heterocycles. The fraction of sp³-hybridized carbons (Fsp3) is 0. The summed E-state index contributed by atoms with van der Waals surface area (Å²) in [5, 5.41) is 4.49. The number of para-hydroxylation sites is 4. The highest BCUT2D eigenvalue weighted by Crippen LogP contribution is 2.45. The number of benzene rings is 8. The number of rotatable bonds is 8. The maximum absolute atomic E-state index is 5.89. The molecule has 0 fully saturated rings. The van der Waals surface area contributed by atoms with Gasteiger partial charge in [0.2, 0.25) is 0 Å². The quantitative estimate of drug-likeness (QED) is 0.151. The molecular formula is C66H41N9. The second-order valence-electron chi connectivity index (χ2n) is 18.7. The molecule has 0 radical (unpaired) electrons. The lowest BCUT2D eigenvalue weighted by Crippen LogP contribution is -2.10. The van der Waals surface area contributed by atoms with Gasteiger partial charge in [-0.1, -0.05) is 170 Å². The molecule has 15 aromatic rings. The summed E-state index contributed by atoms with van der Waals surface area (Å²) in [4.78, 5) is 31.7. The van der Waals surface area contributed by atoms with Crippen LogP contribution in [-0.2, 0) is 0 Å². The largest absolute Gasteiger partial charge is 0.309 e. The van der Waals surface area contributed by atoms with E-state index in [0.29, 0.717) is 17.5 Å². The molecule has 0 spiro atoms. The summed E-state index contributed by atoms with van der Waals surface area (Å²) in [7, 11) is 0. The van der Waals surface area contributed by atoms with Crippen LogP contribution < -0.4 is 0 Å². The Morgan fingerprint density at radius 1 is 0.280 bits per heavy atom. The minimum atomic E-state index is 0.546. The van der Waals surface area contributed by atoms with Crippen LogP contribution in [0.2, 0.25) is 0 Å². The minimum absolute atomic E-state index is 0.546. The van der Waals surface area contributed by atoms with Gasteiger partial charge in [0, 0.05) is 67.4 Å². The summed E-state index contributed by atoms with van der Waals surface area (Å²) in [5.41, 5.74) is 16.1. The van der Waals surface area contributed by atoms with E-state index >= 15 is 0 Å². The molecule has 15 rings (SSSR count). The van der Waals surface area contributed by atoms with E-state index in [1.165, 1.54) is 10.8 Å². The van der Waals surface area contributed by atoms with Gasteiger partial charge in [0.05, 0.1) is 55.5 Å². The molecule has 0 saturated carbocycles. The number of hydrogen-bond acceptors (Lipinski definition) is 6. The van der Waals surface area contributed by atoms with E-state index in [1.807, 2.05) is 85.2 Å². The molecule has 7 aromatic heterocycles. The van der Waals surface area contributed by atoms with Crippen LogP contribution in [0.3, 0.4) is 0 Å². The summed E-state index contributed by atoms with van der Waals surface area (Å²) in [6.07, 6.45) is 3.74. The number of pyridine rings is 3. The lowest BCUT2D eigenvalue weighted by molar-refractivity contribution is 1.03. The lowest BCUT2D eigenvalue weighted by atomic mass is 9.95. The van der Waals surface area contributed by atoms with Gasteiger partial charge in [-0.15, -0.1) is 0 Å². The topological polar surface area (TPSA) is 92.1 Å². The first-order valence-electron chi connectivity index (χ1n) is 25.0. The molecule has 0 saturated heterocycles. The zero-order chi connectivity index (χ0) is 49.4. The molecule has 0 amide bonds. The molecule has 0 bridgehead atoms. The second-order valence-corrected chi connectivity index (χ2v) is 18.7. The molecule has 0 aliphatic heterocycles. The molecule has 8 aromatic carbocycles. The van der Waals surface area contributed by atoms with Crippen molar-refractivity contribution in [1.82, 2.24) is 43.6 Å². The van der Waals surface area contributed by atoms with Crippen molar-refractivity contribution in [2.24, 2.45) is 0 Å². The van der Waals surface area contributed by atoms with Crippen LogP contribution in [0.5, 0.6) is 0 Å². The highest BCUT2D eigenvalue weighted by atomic mass is 15.1. The molecule has 0 unspecified atom stereocenters. The fourth-order valence-corrected chi connectivity index (χ4v) is 11.1. The lowest BCUT2D eigenvalue weighted by Gasteiger charge is -2.22. The molecule has 0 aliphatic carbocycles. The number of hydrogen-bond donors (Lipinski definition) is 0. The minimum Gasteiger partial charge on any atom is -0.309 e. The third kappa shape index (κ3) is 6.79. The second kappa shape index (κ2) is 17.1. The SMILES string of the molecule is c1ccc(-c2nc(-c3ccccc3)nc(-c3ccccc3-c3cc(-c4ccc(-n5c6ccccc6c6ccccc65)cc4)nc(-n4c5ccccc5c5ncccc54)c3-n3c4ccccc4c4ncccc43)n2)cc1. The Morgan fingerprint density at radius 3 is 1.29 bits per heavy atom. The molecule has 0 aliphatic rings.